The summed E-state index contributed by atoms with van der Waals surface area (Å²) in [5, 5.41) is 0.675. The Morgan fingerprint density at radius 2 is 1.95 bits per heavy atom. The Kier molecular flexibility index (Phi) is 2.35. The summed E-state index contributed by atoms with van der Waals surface area (Å²) in [5.41, 5.74) is 1.79. The molecular formula is C12H12BF2N3O. The fourth-order valence-corrected chi connectivity index (χ4v) is 2.40. The summed E-state index contributed by atoms with van der Waals surface area (Å²) in [4.78, 5) is 8.22. The first-order valence-electron chi connectivity index (χ1n) is 5.96. The molecule has 0 unspecified atom stereocenters. The highest BCUT2D eigenvalue weighted by molar-refractivity contribution is 6.52. The van der Waals surface area contributed by atoms with Gasteiger partial charge in [-0.25, -0.2) is 0 Å². The Balaban J connectivity index is 2.47. The third kappa shape index (κ3) is 1.77. The van der Waals surface area contributed by atoms with E-state index in [9.17, 15) is 8.63 Å². The summed E-state index contributed by atoms with van der Waals surface area (Å²) in [5.74, 6) is 0.132. The van der Waals surface area contributed by atoms with Crippen LogP contribution in [0.3, 0.4) is 0 Å². The minimum atomic E-state index is -4.19. The molecule has 3 heterocycles. The van der Waals surface area contributed by atoms with Crippen LogP contribution in [-0.4, -0.2) is 17.9 Å². The molecule has 0 spiro atoms. The van der Waals surface area contributed by atoms with Crippen molar-refractivity contribution in [2.24, 2.45) is 4.99 Å². The SMILES string of the molecule is CC1=Nc2ccc3c(C)cc(C)nc3[n+]2[B-](F)(F)O1. The van der Waals surface area contributed by atoms with E-state index in [1.54, 1.807) is 19.1 Å². The average molecular weight is 263 g/mol. The van der Waals surface area contributed by atoms with Crippen LogP contribution in [-0.2, 0) is 4.65 Å². The fraction of sp³-hybridized carbons (Fsp3) is 0.250. The molecule has 0 saturated heterocycles. The molecule has 4 nitrogen and oxygen atoms in total. The van der Waals surface area contributed by atoms with E-state index in [4.69, 9.17) is 0 Å². The molecule has 0 radical (unpaired) electrons. The van der Waals surface area contributed by atoms with E-state index in [1.807, 2.05) is 13.0 Å². The lowest BCUT2D eigenvalue weighted by Gasteiger charge is -2.28. The number of fused-ring (bicyclic) bond motifs is 3. The molecular weight excluding hydrogens is 251 g/mol. The highest BCUT2D eigenvalue weighted by Crippen LogP contribution is 2.24. The van der Waals surface area contributed by atoms with Gasteiger partial charge in [0.15, 0.2) is 0 Å². The molecule has 0 N–H and O–H groups in total. The highest BCUT2D eigenvalue weighted by atomic mass is 19.3. The van der Waals surface area contributed by atoms with Crippen molar-refractivity contribution in [3.8, 4) is 0 Å². The van der Waals surface area contributed by atoms with Crippen molar-refractivity contribution in [1.82, 2.24) is 4.98 Å². The minimum Gasteiger partial charge on any atom is -0.607 e. The minimum absolute atomic E-state index is 0.0336. The van der Waals surface area contributed by atoms with Crippen LogP contribution in [0.5, 0.6) is 0 Å². The van der Waals surface area contributed by atoms with Gasteiger partial charge in [0, 0.05) is 13.0 Å². The van der Waals surface area contributed by atoms with Gasteiger partial charge in [0.25, 0.3) is 0 Å². The molecule has 0 aromatic carbocycles. The second-order valence-electron chi connectivity index (χ2n) is 4.69. The van der Waals surface area contributed by atoms with Crippen molar-refractivity contribution < 1.29 is 17.8 Å². The summed E-state index contributed by atoms with van der Waals surface area (Å²) in [6, 6.07) is 5.18. The maximum atomic E-state index is 14.1. The molecule has 0 atom stereocenters. The molecule has 2 aromatic heterocycles. The molecule has 1 aliphatic heterocycles. The number of aromatic nitrogens is 2. The predicted molar refractivity (Wildman–Crippen MR) is 68.6 cm³/mol. The number of halogens is 2. The van der Waals surface area contributed by atoms with Crippen molar-refractivity contribution in [2.75, 3.05) is 0 Å². The lowest BCUT2D eigenvalue weighted by atomic mass is 10.0. The molecule has 2 aromatic rings. The van der Waals surface area contributed by atoms with Crippen molar-refractivity contribution >= 4 is 29.8 Å². The van der Waals surface area contributed by atoms with Crippen LogP contribution < -0.4 is 4.48 Å². The maximum absolute atomic E-state index is 14.1. The first-order chi connectivity index (χ1) is 8.88. The summed E-state index contributed by atoms with van der Waals surface area (Å²) < 4.78 is 33.6. The highest BCUT2D eigenvalue weighted by Gasteiger charge is 2.44. The molecule has 3 rings (SSSR count). The van der Waals surface area contributed by atoms with E-state index in [-0.39, 0.29) is 17.4 Å². The number of hydrogen-bond donors (Lipinski definition) is 0. The quantitative estimate of drug-likeness (QED) is 0.685. The molecule has 98 valence electrons. The van der Waals surface area contributed by atoms with Crippen molar-refractivity contribution in [3.05, 3.63) is 29.5 Å². The van der Waals surface area contributed by atoms with Gasteiger partial charge in [-0.1, -0.05) is 4.99 Å². The summed E-state index contributed by atoms with van der Waals surface area (Å²) in [6.07, 6.45) is 0. The van der Waals surface area contributed by atoms with Crippen LogP contribution in [0.1, 0.15) is 18.2 Å². The van der Waals surface area contributed by atoms with Crippen LogP contribution in [0.15, 0.2) is 23.2 Å². The molecule has 0 fully saturated rings. The molecule has 19 heavy (non-hydrogen) atoms. The van der Waals surface area contributed by atoms with E-state index < -0.39 is 7.04 Å². The molecule has 0 aliphatic carbocycles. The normalized spacial score (nSPS) is 16.8. The number of aryl methyl sites for hydroxylation is 2. The van der Waals surface area contributed by atoms with Gasteiger partial charge in [-0.05, 0) is 31.5 Å². The van der Waals surface area contributed by atoms with Crippen molar-refractivity contribution in [1.29, 1.82) is 0 Å². The Labute approximate surface area is 108 Å². The predicted octanol–water partition coefficient (Wildman–Crippen LogP) is 2.44. The van der Waals surface area contributed by atoms with Gasteiger partial charge in [0.2, 0.25) is 17.4 Å². The van der Waals surface area contributed by atoms with Gasteiger partial charge in [-0.2, -0.15) is 0 Å². The number of hydrogen-bond acceptors (Lipinski definition) is 3. The number of aliphatic imine (C=N–C) groups is 1. The molecule has 0 amide bonds. The Hall–Kier alpha value is -2.05. The smallest absolute Gasteiger partial charge is 0.607 e. The Bertz CT molecular complexity index is 730. The number of rotatable bonds is 0. The lowest BCUT2D eigenvalue weighted by molar-refractivity contribution is -0.542. The van der Waals surface area contributed by atoms with Gasteiger partial charge >= 0.3 is 7.04 Å². The average Bonchev–Trinajstić information content (AvgIpc) is 2.25. The largest absolute Gasteiger partial charge is 0.703 e. The Morgan fingerprint density at radius 3 is 2.68 bits per heavy atom. The standard InChI is InChI=1S/C12H12BF2N3O/c1-7-6-8(2)16-12-10(7)4-5-11-17-9(3)19-13(14,15)18(11)12/h4-6H,1-3H3. The summed E-state index contributed by atoms with van der Waals surface area (Å²) >= 11 is 0. The molecule has 0 saturated carbocycles. The van der Waals surface area contributed by atoms with E-state index in [2.05, 4.69) is 14.6 Å². The first-order valence-corrected chi connectivity index (χ1v) is 5.96. The van der Waals surface area contributed by atoms with Crippen LogP contribution >= 0.6 is 0 Å². The van der Waals surface area contributed by atoms with Crippen LogP contribution in [0, 0.1) is 13.8 Å². The van der Waals surface area contributed by atoms with E-state index in [0.717, 1.165) is 10.0 Å². The second kappa shape index (κ2) is 3.72. The van der Waals surface area contributed by atoms with Crippen LogP contribution in [0.2, 0.25) is 0 Å². The summed E-state index contributed by atoms with van der Waals surface area (Å²) in [6.45, 7) is 5.06. The van der Waals surface area contributed by atoms with Crippen molar-refractivity contribution in [2.45, 2.75) is 20.8 Å². The van der Waals surface area contributed by atoms with Gasteiger partial charge in [0.05, 0.1) is 5.39 Å². The number of nitrogens with zero attached hydrogens (tertiary/aromatic N) is 3. The Morgan fingerprint density at radius 1 is 1.21 bits per heavy atom. The van der Waals surface area contributed by atoms with Gasteiger partial charge in [-0.3, -0.25) is 0 Å². The molecule has 7 heteroatoms. The third-order valence-electron chi connectivity index (χ3n) is 3.13. The maximum Gasteiger partial charge on any atom is 0.703 e. The van der Waals surface area contributed by atoms with Gasteiger partial charge in [0.1, 0.15) is 5.69 Å². The monoisotopic (exact) mass is 263 g/mol. The lowest BCUT2D eigenvalue weighted by Crippen LogP contribution is -2.63. The fourth-order valence-electron chi connectivity index (χ4n) is 2.40. The van der Waals surface area contributed by atoms with Crippen molar-refractivity contribution in [3.63, 3.8) is 0 Å². The van der Waals surface area contributed by atoms with Crippen LogP contribution in [0.25, 0.3) is 11.0 Å². The molecule has 0 bridgehead atoms. The van der Waals surface area contributed by atoms with Gasteiger partial charge in [-0.15, -0.1) is 4.98 Å². The second-order valence-corrected chi connectivity index (χ2v) is 4.69. The first kappa shape index (κ1) is 12.0. The van der Waals surface area contributed by atoms with E-state index >= 15 is 0 Å². The van der Waals surface area contributed by atoms with Crippen LogP contribution in [0.4, 0.5) is 14.4 Å². The van der Waals surface area contributed by atoms with E-state index in [1.165, 1.54) is 6.92 Å². The summed E-state index contributed by atoms with van der Waals surface area (Å²) in [7, 11) is -4.19. The topological polar surface area (TPSA) is 38.4 Å². The zero-order valence-corrected chi connectivity index (χ0v) is 10.8. The third-order valence-corrected chi connectivity index (χ3v) is 3.13. The molecule has 1 aliphatic rings. The zero-order chi connectivity index (χ0) is 13.8. The van der Waals surface area contributed by atoms with Gasteiger partial charge < -0.3 is 17.8 Å². The zero-order valence-electron chi connectivity index (χ0n) is 10.8. The number of pyridine rings is 2. The van der Waals surface area contributed by atoms with E-state index in [0.29, 0.717) is 11.1 Å².